The van der Waals surface area contributed by atoms with E-state index in [1.165, 1.54) is 0 Å². The monoisotopic (exact) mass is 302 g/mol. The van der Waals surface area contributed by atoms with Gasteiger partial charge >= 0.3 is 0 Å². The highest BCUT2D eigenvalue weighted by atomic mass is 35.5. The van der Waals surface area contributed by atoms with E-state index in [0.717, 1.165) is 17.7 Å². The van der Waals surface area contributed by atoms with E-state index < -0.39 is 0 Å². The quantitative estimate of drug-likeness (QED) is 0.857. The van der Waals surface area contributed by atoms with Crippen LogP contribution < -0.4 is 10.6 Å². The summed E-state index contributed by atoms with van der Waals surface area (Å²) in [7, 11) is 0. The highest BCUT2D eigenvalue weighted by molar-refractivity contribution is 6.31. The number of rotatable bonds is 4. The van der Waals surface area contributed by atoms with E-state index in [-0.39, 0.29) is 5.91 Å². The number of hydrogen-bond donors (Lipinski definition) is 1. The molecule has 0 aliphatic carbocycles. The van der Waals surface area contributed by atoms with Gasteiger partial charge in [-0.2, -0.15) is 0 Å². The number of anilines is 2. The van der Waals surface area contributed by atoms with Crippen LogP contribution >= 0.6 is 11.6 Å². The molecule has 0 aliphatic heterocycles. The molecular formula is C17H19ClN2O. The molecular weight excluding hydrogens is 284 g/mol. The van der Waals surface area contributed by atoms with Crippen molar-refractivity contribution >= 4 is 28.9 Å². The zero-order valence-electron chi connectivity index (χ0n) is 12.3. The van der Waals surface area contributed by atoms with Crippen molar-refractivity contribution in [3.63, 3.8) is 0 Å². The molecule has 3 nitrogen and oxygen atoms in total. The minimum absolute atomic E-state index is 0.0402. The number of aryl methyl sites for hydroxylation is 1. The Kier molecular flexibility index (Phi) is 4.86. The number of amides is 1. The maximum absolute atomic E-state index is 12.8. The molecule has 0 heterocycles. The van der Waals surface area contributed by atoms with Gasteiger partial charge < -0.3 is 10.6 Å². The van der Waals surface area contributed by atoms with Crippen LogP contribution in [0.3, 0.4) is 0 Å². The lowest BCUT2D eigenvalue weighted by atomic mass is 10.1. The summed E-state index contributed by atoms with van der Waals surface area (Å²) in [6.07, 6.45) is 0.871. The first kappa shape index (κ1) is 15.4. The Labute approximate surface area is 130 Å². The van der Waals surface area contributed by atoms with Crippen molar-refractivity contribution in [1.29, 1.82) is 0 Å². The highest BCUT2D eigenvalue weighted by Crippen LogP contribution is 2.22. The number of nitrogens with zero attached hydrogens (tertiary/aromatic N) is 1. The van der Waals surface area contributed by atoms with Crippen molar-refractivity contribution in [2.75, 3.05) is 17.2 Å². The zero-order chi connectivity index (χ0) is 15.4. The fourth-order valence-corrected chi connectivity index (χ4v) is 2.37. The third kappa shape index (κ3) is 3.56. The van der Waals surface area contributed by atoms with Crippen LogP contribution in [0.1, 0.15) is 29.3 Å². The summed E-state index contributed by atoms with van der Waals surface area (Å²) in [6.45, 7) is 4.60. The Hall–Kier alpha value is -2.00. The molecule has 0 fully saturated rings. The third-order valence-corrected chi connectivity index (χ3v) is 3.56. The molecule has 2 aromatic carbocycles. The molecule has 1 amide bonds. The molecule has 0 bridgehead atoms. The second-order valence-electron chi connectivity index (χ2n) is 5.01. The summed E-state index contributed by atoms with van der Waals surface area (Å²) >= 11 is 6.02. The molecule has 0 saturated heterocycles. The van der Waals surface area contributed by atoms with E-state index in [4.69, 9.17) is 17.3 Å². The van der Waals surface area contributed by atoms with Gasteiger partial charge in [-0.3, -0.25) is 4.79 Å². The summed E-state index contributed by atoms with van der Waals surface area (Å²) in [5.41, 5.74) is 8.79. The molecule has 4 heteroatoms. The highest BCUT2D eigenvalue weighted by Gasteiger charge is 2.19. The fourth-order valence-electron chi connectivity index (χ4n) is 2.20. The number of halogens is 1. The summed E-state index contributed by atoms with van der Waals surface area (Å²) in [5.74, 6) is -0.0402. The van der Waals surface area contributed by atoms with Gasteiger partial charge in [0.25, 0.3) is 5.91 Å². The zero-order valence-corrected chi connectivity index (χ0v) is 13.0. The predicted octanol–water partition coefficient (Wildman–Crippen LogP) is 4.29. The number of carbonyl (C=O) groups excluding carboxylic acids is 1. The van der Waals surface area contributed by atoms with Crippen LogP contribution in [0.25, 0.3) is 0 Å². The van der Waals surface area contributed by atoms with Crippen molar-refractivity contribution in [2.45, 2.75) is 20.3 Å². The number of nitrogens with two attached hydrogens (primary N) is 1. The van der Waals surface area contributed by atoms with Gasteiger partial charge in [-0.15, -0.1) is 0 Å². The molecule has 0 aromatic heterocycles. The van der Waals surface area contributed by atoms with Crippen molar-refractivity contribution in [3.8, 4) is 0 Å². The standard InChI is InChI=1S/C17H19ClN2O/c1-3-10-20(15-8-6-14(19)7-9-15)17(21)16-11-13(18)5-4-12(16)2/h4-9,11H,3,10,19H2,1-2H3. The smallest absolute Gasteiger partial charge is 0.258 e. The largest absolute Gasteiger partial charge is 0.399 e. The van der Waals surface area contributed by atoms with Gasteiger partial charge in [0, 0.05) is 28.5 Å². The van der Waals surface area contributed by atoms with Gasteiger partial charge in [0.1, 0.15) is 0 Å². The van der Waals surface area contributed by atoms with Crippen LogP contribution in [0.2, 0.25) is 5.02 Å². The Bertz CT molecular complexity index is 638. The fraction of sp³-hybridized carbons (Fsp3) is 0.235. The second kappa shape index (κ2) is 6.64. The molecule has 0 unspecified atom stereocenters. The molecule has 0 saturated carbocycles. The molecule has 21 heavy (non-hydrogen) atoms. The van der Waals surface area contributed by atoms with Crippen molar-refractivity contribution < 1.29 is 4.79 Å². The molecule has 2 N–H and O–H groups in total. The lowest BCUT2D eigenvalue weighted by Crippen LogP contribution is -2.32. The normalized spacial score (nSPS) is 10.4. The molecule has 0 radical (unpaired) electrons. The minimum atomic E-state index is -0.0402. The van der Waals surface area contributed by atoms with Crippen LogP contribution in [-0.4, -0.2) is 12.5 Å². The van der Waals surface area contributed by atoms with Gasteiger partial charge in [0.15, 0.2) is 0 Å². The predicted molar refractivity (Wildman–Crippen MR) is 89.0 cm³/mol. The molecule has 2 aromatic rings. The average Bonchev–Trinajstić information content (AvgIpc) is 2.48. The van der Waals surface area contributed by atoms with Gasteiger partial charge in [-0.05, 0) is 55.3 Å². The number of benzene rings is 2. The van der Waals surface area contributed by atoms with E-state index in [9.17, 15) is 4.79 Å². The van der Waals surface area contributed by atoms with Crippen LogP contribution in [0.15, 0.2) is 42.5 Å². The summed E-state index contributed by atoms with van der Waals surface area (Å²) in [4.78, 5) is 14.6. The maximum Gasteiger partial charge on any atom is 0.258 e. The van der Waals surface area contributed by atoms with Crippen LogP contribution in [-0.2, 0) is 0 Å². The maximum atomic E-state index is 12.8. The summed E-state index contributed by atoms with van der Waals surface area (Å²) in [6, 6.07) is 12.7. The third-order valence-electron chi connectivity index (χ3n) is 3.33. The lowest BCUT2D eigenvalue weighted by Gasteiger charge is -2.23. The SMILES string of the molecule is CCCN(C(=O)c1cc(Cl)ccc1C)c1ccc(N)cc1. The second-order valence-corrected chi connectivity index (χ2v) is 5.44. The van der Waals surface area contributed by atoms with Gasteiger partial charge in [-0.25, -0.2) is 0 Å². The van der Waals surface area contributed by atoms with Gasteiger partial charge in [0.05, 0.1) is 0 Å². The van der Waals surface area contributed by atoms with E-state index in [0.29, 0.717) is 22.8 Å². The first-order valence-electron chi connectivity index (χ1n) is 6.96. The minimum Gasteiger partial charge on any atom is -0.399 e. The Morgan fingerprint density at radius 3 is 2.48 bits per heavy atom. The van der Waals surface area contributed by atoms with E-state index in [1.54, 1.807) is 29.2 Å². The van der Waals surface area contributed by atoms with Gasteiger partial charge in [-0.1, -0.05) is 24.6 Å². The van der Waals surface area contributed by atoms with Crippen molar-refractivity contribution in [1.82, 2.24) is 0 Å². The number of carbonyl (C=O) groups is 1. The molecule has 0 spiro atoms. The first-order chi connectivity index (χ1) is 10.0. The van der Waals surface area contributed by atoms with Crippen molar-refractivity contribution in [2.24, 2.45) is 0 Å². The Balaban J connectivity index is 2.39. The van der Waals surface area contributed by atoms with Crippen LogP contribution in [0, 0.1) is 6.92 Å². The first-order valence-corrected chi connectivity index (χ1v) is 7.34. The summed E-state index contributed by atoms with van der Waals surface area (Å²) < 4.78 is 0. The van der Waals surface area contributed by atoms with E-state index >= 15 is 0 Å². The number of hydrogen-bond acceptors (Lipinski definition) is 2. The van der Waals surface area contributed by atoms with E-state index in [1.807, 2.05) is 32.0 Å². The van der Waals surface area contributed by atoms with Crippen LogP contribution in [0.5, 0.6) is 0 Å². The molecule has 110 valence electrons. The van der Waals surface area contributed by atoms with E-state index in [2.05, 4.69) is 0 Å². The molecule has 2 rings (SSSR count). The Morgan fingerprint density at radius 1 is 1.19 bits per heavy atom. The van der Waals surface area contributed by atoms with Gasteiger partial charge in [0.2, 0.25) is 0 Å². The van der Waals surface area contributed by atoms with Crippen LogP contribution in [0.4, 0.5) is 11.4 Å². The van der Waals surface area contributed by atoms with Crippen molar-refractivity contribution in [3.05, 3.63) is 58.6 Å². The lowest BCUT2D eigenvalue weighted by molar-refractivity contribution is 0.0986. The topological polar surface area (TPSA) is 46.3 Å². The number of nitrogen functional groups attached to an aromatic ring is 1. The Morgan fingerprint density at radius 2 is 1.86 bits per heavy atom. The molecule has 0 aliphatic rings. The average molecular weight is 303 g/mol. The summed E-state index contributed by atoms with van der Waals surface area (Å²) in [5, 5.41) is 0.567. The molecule has 0 atom stereocenters.